The SMILES string of the molecule is Cc1cc(NC(=O)c2ccncc2F)ccc1O. The minimum Gasteiger partial charge on any atom is -0.508 e. The minimum absolute atomic E-state index is 0.0734. The molecule has 0 saturated carbocycles. The van der Waals surface area contributed by atoms with Crippen molar-refractivity contribution < 1.29 is 14.3 Å². The molecule has 0 unspecified atom stereocenters. The zero-order chi connectivity index (χ0) is 13.1. The van der Waals surface area contributed by atoms with Crippen LogP contribution in [0.4, 0.5) is 10.1 Å². The molecule has 1 amide bonds. The van der Waals surface area contributed by atoms with Crippen molar-refractivity contribution in [3.8, 4) is 5.75 Å². The largest absolute Gasteiger partial charge is 0.508 e. The lowest BCUT2D eigenvalue weighted by Gasteiger charge is -2.07. The lowest BCUT2D eigenvalue weighted by atomic mass is 10.2. The van der Waals surface area contributed by atoms with Crippen LogP contribution in [0, 0.1) is 12.7 Å². The maximum atomic E-state index is 13.3. The van der Waals surface area contributed by atoms with Crippen molar-refractivity contribution in [1.29, 1.82) is 0 Å². The maximum absolute atomic E-state index is 13.3. The molecule has 18 heavy (non-hydrogen) atoms. The number of hydrogen-bond donors (Lipinski definition) is 2. The number of pyridine rings is 1. The van der Waals surface area contributed by atoms with E-state index in [4.69, 9.17) is 0 Å². The molecule has 0 radical (unpaired) electrons. The Morgan fingerprint density at radius 1 is 1.39 bits per heavy atom. The van der Waals surface area contributed by atoms with Crippen molar-refractivity contribution in [3.63, 3.8) is 0 Å². The molecule has 1 aromatic heterocycles. The summed E-state index contributed by atoms with van der Waals surface area (Å²) >= 11 is 0. The minimum atomic E-state index is -0.675. The lowest BCUT2D eigenvalue weighted by Crippen LogP contribution is -2.13. The third kappa shape index (κ3) is 2.45. The van der Waals surface area contributed by atoms with Crippen molar-refractivity contribution in [1.82, 2.24) is 4.98 Å². The molecule has 5 heteroatoms. The Hall–Kier alpha value is -2.43. The second-order valence-corrected chi connectivity index (χ2v) is 3.81. The maximum Gasteiger partial charge on any atom is 0.258 e. The van der Waals surface area contributed by atoms with Gasteiger partial charge in [-0.25, -0.2) is 4.39 Å². The molecule has 0 aliphatic rings. The number of aromatic hydroxyl groups is 1. The third-order valence-electron chi connectivity index (χ3n) is 2.47. The summed E-state index contributed by atoms with van der Waals surface area (Å²) < 4.78 is 13.3. The number of anilines is 1. The van der Waals surface area contributed by atoms with E-state index in [2.05, 4.69) is 10.3 Å². The van der Waals surface area contributed by atoms with E-state index in [9.17, 15) is 14.3 Å². The molecule has 0 aliphatic heterocycles. The summed E-state index contributed by atoms with van der Waals surface area (Å²) in [6.45, 7) is 1.71. The average Bonchev–Trinajstić information content (AvgIpc) is 2.34. The van der Waals surface area contributed by atoms with E-state index in [1.807, 2.05) is 0 Å². The molecular weight excluding hydrogens is 235 g/mol. The molecule has 4 nitrogen and oxygen atoms in total. The van der Waals surface area contributed by atoms with Gasteiger partial charge in [0.1, 0.15) is 5.75 Å². The van der Waals surface area contributed by atoms with Crippen LogP contribution in [0.3, 0.4) is 0 Å². The fraction of sp³-hybridized carbons (Fsp3) is 0.0769. The summed E-state index contributed by atoms with van der Waals surface area (Å²) in [7, 11) is 0. The number of aromatic nitrogens is 1. The van der Waals surface area contributed by atoms with Crippen LogP contribution in [0.5, 0.6) is 5.75 Å². The van der Waals surface area contributed by atoms with Crippen LogP contribution in [-0.2, 0) is 0 Å². The number of halogens is 1. The van der Waals surface area contributed by atoms with Gasteiger partial charge in [0.15, 0.2) is 5.82 Å². The molecule has 0 fully saturated rings. The highest BCUT2D eigenvalue weighted by Crippen LogP contribution is 2.20. The Kier molecular flexibility index (Phi) is 3.23. The predicted octanol–water partition coefficient (Wildman–Crippen LogP) is 2.49. The van der Waals surface area contributed by atoms with E-state index >= 15 is 0 Å². The van der Waals surface area contributed by atoms with Crippen LogP contribution in [0.1, 0.15) is 15.9 Å². The van der Waals surface area contributed by atoms with Gasteiger partial charge < -0.3 is 10.4 Å². The molecule has 0 atom stereocenters. The van der Waals surface area contributed by atoms with Crippen LogP contribution < -0.4 is 5.32 Å². The van der Waals surface area contributed by atoms with Crippen molar-refractivity contribution >= 4 is 11.6 Å². The topological polar surface area (TPSA) is 62.2 Å². The number of phenolic OH excluding ortho intramolecular Hbond substituents is 1. The number of phenols is 1. The van der Waals surface area contributed by atoms with Gasteiger partial charge in [-0.3, -0.25) is 9.78 Å². The zero-order valence-corrected chi connectivity index (χ0v) is 9.64. The molecule has 2 aromatic rings. The van der Waals surface area contributed by atoms with Gasteiger partial charge in [-0.05, 0) is 36.8 Å². The highest BCUT2D eigenvalue weighted by molar-refractivity contribution is 6.04. The summed E-state index contributed by atoms with van der Waals surface area (Å²) in [6.07, 6.45) is 2.33. The van der Waals surface area contributed by atoms with Gasteiger partial charge in [0, 0.05) is 11.9 Å². The van der Waals surface area contributed by atoms with Crippen LogP contribution in [0.15, 0.2) is 36.7 Å². The van der Waals surface area contributed by atoms with Crippen molar-refractivity contribution in [2.45, 2.75) is 6.92 Å². The van der Waals surface area contributed by atoms with Gasteiger partial charge in [0.2, 0.25) is 0 Å². The standard InChI is InChI=1S/C13H11FN2O2/c1-8-6-9(2-3-12(8)17)16-13(18)10-4-5-15-7-11(10)14/h2-7,17H,1H3,(H,16,18). The van der Waals surface area contributed by atoms with Crippen molar-refractivity contribution in [3.05, 3.63) is 53.6 Å². The number of rotatable bonds is 2. The van der Waals surface area contributed by atoms with Crippen molar-refractivity contribution in [2.75, 3.05) is 5.32 Å². The molecular formula is C13H11FN2O2. The first kappa shape index (κ1) is 12.0. The fourth-order valence-electron chi connectivity index (χ4n) is 1.49. The monoisotopic (exact) mass is 246 g/mol. The molecule has 2 N–H and O–H groups in total. The predicted molar refractivity (Wildman–Crippen MR) is 65.0 cm³/mol. The first-order valence-corrected chi connectivity index (χ1v) is 5.28. The lowest BCUT2D eigenvalue weighted by molar-refractivity contribution is 0.102. The highest BCUT2D eigenvalue weighted by atomic mass is 19.1. The summed E-state index contributed by atoms with van der Waals surface area (Å²) in [4.78, 5) is 15.4. The van der Waals surface area contributed by atoms with Gasteiger partial charge in [0.25, 0.3) is 5.91 Å². The van der Waals surface area contributed by atoms with Crippen LogP contribution >= 0.6 is 0 Å². The van der Waals surface area contributed by atoms with E-state index in [0.717, 1.165) is 6.20 Å². The van der Waals surface area contributed by atoms with Crippen LogP contribution in [-0.4, -0.2) is 16.0 Å². The molecule has 92 valence electrons. The van der Waals surface area contributed by atoms with E-state index < -0.39 is 11.7 Å². The Morgan fingerprint density at radius 2 is 2.17 bits per heavy atom. The van der Waals surface area contributed by atoms with Gasteiger partial charge in [0.05, 0.1) is 11.8 Å². The summed E-state index contributed by atoms with van der Waals surface area (Å²) in [5, 5.41) is 11.9. The van der Waals surface area contributed by atoms with Gasteiger partial charge in [-0.1, -0.05) is 0 Å². The number of carbonyl (C=O) groups excluding carboxylic acids is 1. The molecule has 1 heterocycles. The number of nitrogens with zero attached hydrogens (tertiary/aromatic N) is 1. The van der Waals surface area contributed by atoms with Crippen LogP contribution in [0.2, 0.25) is 0 Å². The third-order valence-corrected chi connectivity index (χ3v) is 2.47. The van der Waals surface area contributed by atoms with E-state index in [-0.39, 0.29) is 11.3 Å². The Labute approximate surface area is 103 Å². The number of hydrogen-bond acceptors (Lipinski definition) is 3. The fourth-order valence-corrected chi connectivity index (χ4v) is 1.49. The Balaban J connectivity index is 2.22. The average molecular weight is 246 g/mol. The molecule has 1 aromatic carbocycles. The number of carbonyl (C=O) groups is 1. The second-order valence-electron chi connectivity index (χ2n) is 3.81. The normalized spacial score (nSPS) is 10.1. The van der Waals surface area contributed by atoms with Gasteiger partial charge >= 0.3 is 0 Å². The second kappa shape index (κ2) is 4.83. The van der Waals surface area contributed by atoms with E-state index in [1.165, 1.54) is 18.3 Å². The van der Waals surface area contributed by atoms with E-state index in [1.54, 1.807) is 19.1 Å². The Morgan fingerprint density at radius 3 is 2.83 bits per heavy atom. The van der Waals surface area contributed by atoms with Crippen LogP contribution in [0.25, 0.3) is 0 Å². The molecule has 0 aliphatic carbocycles. The summed E-state index contributed by atoms with van der Waals surface area (Å²) in [5.41, 5.74) is 1.05. The quantitative estimate of drug-likeness (QED) is 0.800. The molecule has 0 bridgehead atoms. The Bertz CT molecular complexity index is 599. The molecule has 2 rings (SSSR count). The van der Waals surface area contributed by atoms with Crippen molar-refractivity contribution in [2.24, 2.45) is 0 Å². The molecule has 0 spiro atoms. The number of amides is 1. The smallest absolute Gasteiger partial charge is 0.258 e. The molecule has 0 saturated heterocycles. The summed E-state index contributed by atoms with van der Waals surface area (Å²) in [5.74, 6) is -1.09. The number of benzene rings is 1. The van der Waals surface area contributed by atoms with Gasteiger partial charge in [-0.2, -0.15) is 0 Å². The first-order chi connectivity index (χ1) is 8.58. The number of aryl methyl sites for hydroxylation is 1. The zero-order valence-electron chi connectivity index (χ0n) is 9.64. The highest BCUT2D eigenvalue weighted by Gasteiger charge is 2.11. The number of nitrogens with one attached hydrogen (secondary N) is 1. The first-order valence-electron chi connectivity index (χ1n) is 5.28. The summed E-state index contributed by atoms with van der Waals surface area (Å²) in [6, 6.07) is 5.91. The van der Waals surface area contributed by atoms with Gasteiger partial charge in [-0.15, -0.1) is 0 Å². The van der Waals surface area contributed by atoms with E-state index in [0.29, 0.717) is 11.3 Å².